The Hall–Kier alpha value is -4.69. The summed E-state index contributed by atoms with van der Waals surface area (Å²) in [6.07, 6.45) is 0. The first-order chi connectivity index (χ1) is 17.8. The van der Waals surface area contributed by atoms with Gasteiger partial charge in [0.15, 0.2) is 0 Å². The van der Waals surface area contributed by atoms with Crippen LogP contribution in [0.5, 0.6) is 0 Å². The Labute approximate surface area is 210 Å². The molecule has 2 heteroatoms. The van der Waals surface area contributed by atoms with E-state index < -0.39 is 0 Å². The minimum absolute atomic E-state index is 1.02. The molecule has 0 aliphatic rings. The molecule has 0 aliphatic carbocycles. The summed E-state index contributed by atoms with van der Waals surface area (Å²) in [6, 6.07) is 45.3. The molecule has 0 bridgehead atoms. The molecule has 2 nitrogen and oxygen atoms in total. The fraction of sp³-hybridized carbons (Fsp3) is 0.0294. The number of rotatable bonds is 3. The number of fused-ring (bicyclic) bond motifs is 4. The number of pyridine rings is 1. The lowest BCUT2D eigenvalue weighted by Gasteiger charge is -2.09. The zero-order valence-electron chi connectivity index (χ0n) is 20.0. The number of nitrogens with zero attached hydrogens (tertiary/aromatic N) is 2. The average Bonchev–Trinajstić information content (AvgIpc) is 3.30. The van der Waals surface area contributed by atoms with E-state index in [4.69, 9.17) is 5.10 Å². The van der Waals surface area contributed by atoms with E-state index in [1.165, 1.54) is 43.8 Å². The Morgan fingerprint density at radius 1 is 0.528 bits per heavy atom. The van der Waals surface area contributed by atoms with Crippen LogP contribution in [0.25, 0.3) is 60.7 Å². The summed E-state index contributed by atoms with van der Waals surface area (Å²) in [6.45, 7) is 2.19. The van der Waals surface area contributed by atoms with Crippen LogP contribution in [0.4, 0.5) is 0 Å². The van der Waals surface area contributed by atoms with Crippen molar-refractivity contribution in [3.63, 3.8) is 0 Å². The summed E-state index contributed by atoms with van der Waals surface area (Å²) in [5.74, 6) is 0. The maximum absolute atomic E-state index is 5.18. The van der Waals surface area contributed by atoms with Crippen molar-refractivity contribution in [2.24, 2.45) is 0 Å². The van der Waals surface area contributed by atoms with Crippen molar-refractivity contribution in [1.82, 2.24) is 9.61 Å². The predicted octanol–water partition coefficient (Wildman–Crippen LogP) is 8.95. The molecule has 0 saturated carbocycles. The standard InChI is InChI=1S/C34H24N2/c1-23-33(27-20-18-25(19-21-27)30-17-9-14-24-10-5-7-15-29(24)30)35-36-32(26-11-3-2-4-12-26)22-28-13-6-8-16-31(28)34(23)36/h2-22H,1H3. The normalized spacial score (nSPS) is 11.5. The van der Waals surface area contributed by atoms with Gasteiger partial charge in [-0.2, -0.15) is 5.10 Å². The van der Waals surface area contributed by atoms with Crippen molar-refractivity contribution in [3.8, 4) is 33.6 Å². The monoisotopic (exact) mass is 460 g/mol. The van der Waals surface area contributed by atoms with E-state index in [0.717, 1.165) is 22.5 Å². The van der Waals surface area contributed by atoms with Crippen molar-refractivity contribution in [3.05, 3.63) is 133 Å². The Balaban J connectivity index is 1.41. The van der Waals surface area contributed by atoms with Crippen molar-refractivity contribution >= 4 is 27.1 Å². The third kappa shape index (κ3) is 3.23. The second-order valence-corrected chi connectivity index (χ2v) is 9.32. The highest BCUT2D eigenvalue weighted by Crippen LogP contribution is 2.36. The van der Waals surface area contributed by atoms with Gasteiger partial charge in [0.1, 0.15) is 0 Å². The molecule has 5 aromatic carbocycles. The van der Waals surface area contributed by atoms with Gasteiger partial charge in [0.05, 0.1) is 16.9 Å². The predicted molar refractivity (Wildman–Crippen MR) is 151 cm³/mol. The lowest BCUT2D eigenvalue weighted by Crippen LogP contribution is -1.95. The smallest absolute Gasteiger partial charge is 0.0963 e. The van der Waals surface area contributed by atoms with Gasteiger partial charge < -0.3 is 0 Å². The number of hydrogen-bond acceptors (Lipinski definition) is 1. The molecule has 0 atom stereocenters. The van der Waals surface area contributed by atoms with Crippen LogP contribution < -0.4 is 0 Å². The largest absolute Gasteiger partial charge is 0.232 e. The Morgan fingerprint density at radius 2 is 1.17 bits per heavy atom. The summed E-state index contributed by atoms with van der Waals surface area (Å²) in [5.41, 5.74) is 9.24. The molecule has 2 aromatic heterocycles. The number of hydrogen-bond donors (Lipinski definition) is 0. The molecule has 0 aliphatic heterocycles. The van der Waals surface area contributed by atoms with E-state index in [2.05, 4.69) is 139 Å². The highest BCUT2D eigenvalue weighted by molar-refractivity contribution is 6.02. The molecule has 170 valence electrons. The molecule has 0 unspecified atom stereocenters. The zero-order valence-corrected chi connectivity index (χ0v) is 20.0. The first-order valence-corrected chi connectivity index (χ1v) is 12.3. The zero-order chi connectivity index (χ0) is 24.1. The first kappa shape index (κ1) is 20.7. The summed E-state index contributed by atoms with van der Waals surface area (Å²) in [7, 11) is 0. The van der Waals surface area contributed by atoms with Crippen molar-refractivity contribution < 1.29 is 0 Å². The Bertz CT molecular complexity index is 1870. The van der Waals surface area contributed by atoms with Gasteiger partial charge in [0, 0.05) is 22.1 Å². The molecular weight excluding hydrogens is 436 g/mol. The van der Waals surface area contributed by atoms with E-state index in [0.29, 0.717) is 0 Å². The second kappa shape index (κ2) is 8.21. The topological polar surface area (TPSA) is 17.3 Å². The fourth-order valence-electron chi connectivity index (χ4n) is 5.41. The van der Waals surface area contributed by atoms with Crippen LogP contribution in [0.3, 0.4) is 0 Å². The Morgan fingerprint density at radius 3 is 1.97 bits per heavy atom. The maximum Gasteiger partial charge on any atom is 0.0963 e. The van der Waals surface area contributed by atoms with Crippen LogP contribution in [-0.2, 0) is 0 Å². The molecule has 0 spiro atoms. The van der Waals surface area contributed by atoms with Crippen molar-refractivity contribution in [2.75, 3.05) is 0 Å². The lowest BCUT2D eigenvalue weighted by atomic mass is 9.96. The third-order valence-corrected chi connectivity index (χ3v) is 7.19. The SMILES string of the molecule is Cc1c(-c2ccc(-c3cccc4ccccc34)cc2)nn2c(-c3ccccc3)cc3ccccc3c12. The summed E-state index contributed by atoms with van der Waals surface area (Å²) in [4.78, 5) is 0. The van der Waals surface area contributed by atoms with E-state index >= 15 is 0 Å². The highest BCUT2D eigenvalue weighted by Gasteiger charge is 2.17. The van der Waals surface area contributed by atoms with Gasteiger partial charge in [-0.1, -0.05) is 121 Å². The summed E-state index contributed by atoms with van der Waals surface area (Å²) < 4.78 is 2.13. The minimum Gasteiger partial charge on any atom is -0.232 e. The molecule has 7 rings (SSSR count). The molecule has 7 aromatic rings. The number of aryl methyl sites for hydroxylation is 1. The van der Waals surface area contributed by atoms with Crippen LogP contribution in [-0.4, -0.2) is 9.61 Å². The second-order valence-electron chi connectivity index (χ2n) is 9.32. The van der Waals surface area contributed by atoms with E-state index in [1.54, 1.807) is 0 Å². The van der Waals surface area contributed by atoms with Crippen LogP contribution in [0.2, 0.25) is 0 Å². The van der Waals surface area contributed by atoms with Crippen molar-refractivity contribution in [2.45, 2.75) is 6.92 Å². The van der Waals surface area contributed by atoms with Gasteiger partial charge >= 0.3 is 0 Å². The fourth-order valence-corrected chi connectivity index (χ4v) is 5.41. The van der Waals surface area contributed by atoms with Crippen LogP contribution in [0.15, 0.2) is 127 Å². The number of benzene rings is 5. The van der Waals surface area contributed by atoms with Gasteiger partial charge in [-0.3, -0.25) is 0 Å². The van der Waals surface area contributed by atoms with Crippen LogP contribution in [0.1, 0.15) is 5.56 Å². The number of aromatic nitrogens is 2. The Kier molecular flexibility index (Phi) is 4.71. The molecular formula is C34H24N2. The maximum atomic E-state index is 5.18. The van der Waals surface area contributed by atoms with E-state index in [9.17, 15) is 0 Å². The molecule has 2 heterocycles. The molecule has 0 fully saturated rings. The van der Waals surface area contributed by atoms with Gasteiger partial charge in [-0.05, 0) is 40.3 Å². The molecule has 0 saturated heterocycles. The molecule has 0 amide bonds. The van der Waals surface area contributed by atoms with Gasteiger partial charge in [0.2, 0.25) is 0 Å². The first-order valence-electron chi connectivity index (χ1n) is 12.3. The minimum atomic E-state index is 1.02. The summed E-state index contributed by atoms with van der Waals surface area (Å²) in [5, 5.41) is 10.2. The van der Waals surface area contributed by atoms with Crippen LogP contribution in [0, 0.1) is 6.92 Å². The molecule has 0 radical (unpaired) electrons. The van der Waals surface area contributed by atoms with Gasteiger partial charge in [0.25, 0.3) is 0 Å². The average molecular weight is 461 g/mol. The quantitative estimate of drug-likeness (QED) is 0.257. The molecule has 36 heavy (non-hydrogen) atoms. The van der Waals surface area contributed by atoms with E-state index in [-0.39, 0.29) is 0 Å². The molecule has 0 N–H and O–H groups in total. The summed E-state index contributed by atoms with van der Waals surface area (Å²) >= 11 is 0. The lowest BCUT2D eigenvalue weighted by molar-refractivity contribution is 0.979. The van der Waals surface area contributed by atoms with E-state index in [1.807, 2.05) is 0 Å². The third-order valence-electron chi connectivity index (χ3n) is 7.19. The highest BCUT2D eigenvalue weighted by atomic mass is 15.2. The van der Waals surface area contributed by atoms with Gasteiger partial charge in [-0.25, -0.2) is 4.52 Å². The van der Waals surface area contributed by atoms with Gasteiger partial charge in [-0.15, -0.1) is 0 Å². The van der Waals surface area contributed by atoms with Crippen molar-refractivity contribution in [1.29, 1.82) is 0 Å². The van der Waals surface area contributed by atoms with Crippen LogP contribution >= 0.6 is 0 Å².